The molecule has 0 N–H and O–H groups in total. The third kappa shape index (κ3) is 2.58. The standard InChI is InChI=1S/C31H21ClN2/c1-31(2)25-14-8-7-11-21(25)22-16-15-18(17-26(22)31)28-27-23-12-5-3-9-19(23)20-10-4-6-13-24(20)29(27)34-30(32)33-28/h3-17H,1-2H3. The lowest BCUT2D eigenvalue weighted by Crippen LogP contribution is -2.14. The Morgan fingerprint density at radius 2 is 1.24 bits per heavy atom. The first kappa shape index (κ1) is 19.7. The van der Waals surface area contributed by atoms with Crippen molar-refractivity contribution in [3.05, 3.63) is 107 Å². The first-order chi connectivity index (χ1) is 16.5. The molecular formula is C31H21ClN2. The van der Waals surface area contributed by atoms with Crippen molar-refractivity contribution in [1.82, 2.24) is 9.97 Å². The molecule has 0 saturated heterocycles. The Morgan fingerprint density at radius 3 is 2.03 bits per heavy atom. The van der Waals surface area contributed by atoms with Gasteiger partial charge in [0.15, 0.2) is 0 Å². The number of nitrogens with zero attached hydrogens (tertiary/aromatic N) is 2. The highest BCUT2D eigenvalue weighted by Gasteiger charge is 2.35. The van der Waals surface area contributed by atoms with Crippen LogP contribution >= 0.6 is 11.6 Å². The van der Waals surface area contributed by atoms with E-state index in [9.17, 15) is 0 Å². The fourth-order valence-corrected chi connectivity index (χ4v) is 5.97. The first-order valence-corrected chi connectivity index (χ1v) is 11.9. The van der Waals surface area contributed by atoms with Crippen LogP contribution in [0.1, 0.15) is 25.0 Å². The molecule has 0 bridgehead atoms. The van der Waals surface area contributed by atoms with Crippen LogP contribution in [-0.4, -0.2) is 9.97 Å². The van der Waals surface area contributed by atoms with Crippen LogP contribution < -0.4 is 0 Å². The first-order valence-electron chi connectivity index (χ1n) is 11.6. The van der Waals surface area contributed by atoms with Crippen LogP contribution in [0, 0.1) is 0 Å². The van der Waals surface area contributed by atoms with Gasteiger partial charge >= 0.3 is 0 Å². The molecule has 7 rings (SSSR count). The topological polar surface area (TPSA) is 25.8 Å². The van der Waals surface area contributed by atoms with Gasteiger partial charge in [-0.3, -0.25) is 0 Å². The largest absolute Gasteiger partial charge is 0.223 e. The van der Waals surface area contributed by atoms with Gasteiger partial charge in [-0.25, -0.2) is 9.97 Å². The Hall–Kier alpha value is -3.75. The van der Waals surface area contributed by atoms with Gasteiger partial charge in [-0.1, -0.05) is 98.8 Å². The van der Waals surface area contributed by atoms with E-state index in [4.69, 9.17) is 21.6 Å². The lowest BCUT2D eigenvalue weighted by atomic mass is 9.81. The van der Waals surface area contributed by atoms with E-state index in [0.717, 1.165) is 32.9 Å². The van der Waals surface area contributed by atoms with Crippen molar-refractivity contribution in [3.8, 4) is 22.4 Å². The second-order valence-electron chi connectivity index (χ2n) is 9.59. The summed E-state index contributed by atoms with van der Waals surface area (Å²) < 4.78 is 0. The summed E-state index contributed by atoms with van der Waals surface area (Å²) in [6.45, 7) is 4.60. The average molecular weight is 457 g/mol. The Balaban J connectivity index is 1.60. The van der Waals surface area contributed by atoms with E-state index in [1.54, 1.807) is 0 Å². The van der Waals surface area contributed by atoms with E-state index in [1.165, 1.54) is 33.0 Å². The maximum Gasteiger partial charge on any atom is 0.223 e. The summed E-state index contributed by atoms with van der Waals surface area (Å²) in [7, 11) is 0. The summed E-state index contributed by atoms with van der Waals surface area (Å²) in [5.74, 6) is 0. The molecule has 1 aliphatic rings. The fourth-order valence-electron chi connectivity index (χ4n) is 5.80. The third-order valence-corrected chi connectivity index (χ3v) is 7.58. The van der Waals surface area contributed by atoms with E-state index >= 15 is 0 Å². The van der Waals surface area contributed by atoms with Crippen molar-refractivity contribution in [2.45, 2.75) is 19.3 Å². The minimum atomic E-state index is -0.0800. The zero-order valence-corrected chi connectivity index (χ0v) is 19.7. The van der Waals surface area contributed by atoms with Gasteiger partial charge < -0.3 is 0 Å². The number of halogens is 1. The van der Waals surface area contributed by atoms with Crippen molar-refractivity contribution in [2.24, 2.45) is 0 Å². The number of aromatic nitrogens is 2. The molecule has 0 spiro atoms. The molecule has 0 radical (unpaired) electrons. The summed E-state index contributed by atoms with van der Waals surface area (Å²) in [4.78, 5) is 9.53. The Bertz CT molecular complexity index is 1800. The molecular weight excluding hydrogens is 436 g/mol. The maximum absolute atomic E-state index is 6.55. The second-order valence-corrected chi connectivity index (χ2v) is 9.93. The molecule has 0 aliphatic heterocycles. The lowest BCUT2D eigenvalue weighted by Gasteiger charge is -2.22. The zero-order chi connectivity index (χ0) is 23.0. The average Bonchev–Trinajstić information content (AvgIpc) is 3.10. The SMILES string of the molecule is CC1(C)c2ccccc2-c2ccc(-c3nc(Cl)nc4c5ccccc5c5ccccc5c34)cc21. The van der Waals surface area contributed by atoms with Gasteiger partial charge in [0.1, 0.15) is 0 Å². The maximum atomic E-state index is 6.55. The fraction of sp³-hybridized carbons (Fsp3) is 0.0968. The summed E-state index contributed by atoms with van der Waals surface area (Å²) in [5, 5.41) is 5.93. The number of benzene rings is 5. The van der Waals surface area contributed by atoms with Crippen LogP contribution in [0.25, 0.3) is 54.8 Å². The summed E-state index contributed by atoms with van der Waals surface area (Å²) in [6, 6.07) is 32.4. The summed E-state index contributed by atoms with van der Waals surface area (Å²) in [5.41, 5.74) is 8.06. The van der Waals surface area contributed by atoms with E-state index in [2.05, 4.69) is 105 Å². The molecule has 0 amide bonds. The van der Waals surface area contributed by atoms with Crippen LogP contribution in [-0.2, 0) is 5.41 Å². The molecule has 6 aromatic rings. The molecule has 0 atom stereocenters. The minimum Gasteiger partial charge on any atom is -0.217 e. The molecule has 0 saturated carbocycles. The molecule has 3 heteroatoms. The predicted octanol–water partition coefficient (Wildman–Crippen LogP) is 8.56. The quantitative estimate of drug-likeness (QED) is 0.183. The van der Waals surface area contributed by atoms with Crippen molar-refractivity contribution in [1.29, 1.82) is 0 Å². The van der Waals surface area contributed by atoms with Crippen molar-refractivity contribution in [2.75, 3.05) is 0 Å². The van der Waals surface area contributed by atoms with Gasteiger partial charge in [0.25, 0.3) is 0 Å². The van der Waals surface area contributed by atoms with Gasteiger partial charge in [-0.2, -0.15) is 0 Å². The monoisotopic (exact) mass is 456 g/mol. The van der Waals surface area contributed by atoms with E-state index in [-0.39, 0.29) is 10.7 Å². The molecule has 2 nitrogen and oxygen atoms in total. The molecule has 1 aliphatic carbocycles. The second kappa shape index (κ2) is 6.88. The Morgan fingerprint density at radius 1 is 0.618 bits per heavy atom. The molecule has 5 aromatic carbocycles. The van der Waals surface area contributed by atoms with Crippen molar-refractivity contribution >= 4 is 44.0 Å². The van der Waals surface area contributed by atoms with E-state index in [0.29, 0.717) is 0 Å². The van der Waals surface area contributed by atoms with E-state index in [1.807, 2.05) is 0 Å². The van der Waals surface area contributed by atoms with Crippen LogP contribution in [0.3, 0.4) is 0 Å². The number of rotatable bonds is 1. The van der Waals surface area contributed by atoms with Crippen LogP contribution in [0.4, 0.5) is 0 Å². The number of fused-ring (bicyclic) bond motifs is 9. The highest BCUT2D eigenvalue weighted by atomic mass is 35.5. The molecule has 1 heterocycles. The van der Waals surface area contributed by atoms with Crippen molar-refractivity contribution in [3.63, 3.8) is 0 Å². The molecule has 0 fully saturated rings. The molecule has 1 aromatic heterocycles. The Labute approximate surface area is 202 Å². The predicted molar refractivity (Wildman–Crippen MR) is 143 cm³/mol. The lowest BCUT2D eigenvalue weighted by molar-refractivity contribution is 0.660. The van der Waals surface area contributed by atoms with E-state index < -0.39 is 0 Å². The van der Waals surface area contributed by atoms with Gasteiger partial charge in [0.2, 0.25) is 5.28 Å². The van der Waals surface area contributed by atoms with Crippen LogP contribution in [0.15, 0.2) is 91.0 Å². The minimum absolute atomic E-state index is 0.0800. The normalized spacial score (nSPS) is 14.0. The van der Waals surface area contributed by atoms with Gasteiger partial charge in [0.05, 0.1) is 11.2 Å². The zero-order valence-electron chi connectivity index (χ0n) is 18.9. The van der Waals surface area contributed by atoms with Gasteiger partial charge in [-0.15, -0.1) is 0 Å². The third-order valence-electron chi connectivity index (χ3n) is 7.41. The summed E-state index contributed by atoms with van der Waals surface area (Å²) in [6.07, 6.45) is 0. The molecule has 0 unspecified atom stereocenters. The molecule has 34 heavy (non-hydrogen) atoms. The number of hydrogen-bond donors (Lipinski definition) is 0. The Kier molecular flexibility index (Phi) is 3.99. The van der Waals surface area contributed by atoms with Crippen molar-refractivity contribution < 1.29 is 0 Å². The highest BCUT2D eigenvalue weighted by molar-refractivity contribution is 6.31. The number of hydrogen-bond acceptors (Lipinski definition) is 2. The molecule has 162 valence electrons. The summed E-state index contributed by atoms with van der Waals surface area (Å²) >= 11 is 6.55. The van der Waals surface area contributed by atoms with Crippen LogP contribution in [0.5, 0.6) is 0 Å². The van der Waals surface area contributed by atoms with Gasteiger partial charge in [-0.05, 0) is 56.1 Å². The van der Waals surface area contributed by atoms with Gasteiger partial charge in [0, 0.05) is 21.8 Å². The smallest absolute Gasteiger partial charge is 0.217 e. The van der Waals surface area contributed by atoms with Crippen LogP contribution in [0.2, 0.25) is 5.28 Å². The highest BCUT2D eigenvalue weighted by Crippen LogP contribution is 2.50.